The molecule has 0 atom stereocenters. The van der Waals surface area contributed by atoms with E-state index in [1.165, 1.54) is 22.9 Å². The zero-order valence-corrected chi connectivity index (χ0v) is 18.1. The van der Waals surface area contributed by atoms with Gasteiger partial charge in [0.25, 0.3) is 0 Å². The van der Waals surface area contributed by atoms with Gasteiger partial charge in [0.2, 0.25) is 0 Å². The van der Waals surface area contributed by atoms with Crippen molar-refractivity contribution < 1.29 is 0 Å². The van der Waals surface area contributed by atoms with Gasteiger partial charge >= 0.3 is 0 Å². The quantitative estimate of drug-likeness (QED) is 0.328. The third-order valence-corrected chi connectivity index (χ3v) is 5.73. The molecule has 0 unspecified atom stereocenters. The van der Waals surface area contributed by atoms with Gasteiger partial charge in [0.15, 0.2) is 0 Å². The molecule has 0 aliphatic heterocycles. The summed E-state index contributed by atoms with van der Waals surface area (Å²) in [5.41, 5.74) is 9.82. The monoisotopic (exact) mass is 420 g/mol. The molecule has 0 bridgehead atoms. The van der Waals surface area contributed by atoms with Gasteiger partial charge in [-0.15, -0.1) is 0 Å². The minimum Gasteiger partial charge on any atom is -0.257 e. The number of benzene rings is 2. The van der Waals surface area contributed by atoms with Crippen molar-refractivity contribution in [2.75, 3.05) is 0 Å². The van der Waals surface area contributed by atoms with Crippen molar-refractivity contribution in [3.8, 4) is 22.4 Å². The fraction of sp³-hybridized carbons (Fsp3) is 0.0769. The van der Waals surface area contributed by atoms with E-state index >= 15 is 0 Å². The number of nitrogens with zero attached hydrogens (tertiary/aromatic N) is 4. The first-order valence-corrected chi connectivity index (χ1v) is 10.8. The van der Waals surface area contributed by atoms with Crippen LogP contribution in [0.4, 0.5) is 0 Å². The van der Waals surface area contributed by atoms with Crippen LogP contribution in [0.15, 0.2) is 72.9 Å². The Kier molecular flexibility index (Phi) is 5.10. The van der Waals surface area contributed by atoms with E-state index < -0.39 is 0 Å². The van der Waals surface area contributed by atoms with Crippen molar-refractivity contribution in [2.24, 2.45) is 0 Å². The largest absolute Gasteiger partial charge is 0.257 e. The number of aryl methyl sites for hydroxylation is 2. The highest BCUT2D eigenvalue weighted by atomic mass is 32.1. The summed E-state index contributed by atoms with van der Waals surface area (Å²) in [7, 11) is 0. The van der Waals surface area contributed by atoms with Crippen LogP contribution in [0.2, 0.25) is 0 Å². The van der Waals surface area contributed by atoms with Crippen molar-refractivity contribution in [1.82, 2.24) is 18.7 Å². The second kappa shape index (κ2) is 8.20. The molecule has 0 aliphatic carbocycles. The molecule has 0 spiro atoms. The Morgan fingerprint density at radius 1 is 0.710 bits per heavy atom. The van der Waals surface area contributed by atoms with Crippen LogP contribution in [0.1, 0.15) is 22.5 Å². The standard InChI is InChI=1S/C26H20N4S/c1-17-6-10-19(11-7-17)23-22(15-14-21-5-3-4-16-27-21)28-24(26-25(23)29-31-30-26)20-12-8-18(2)9-13-20/h3-16H,1-2H3/b15-14+. The molecule has 2 aromatic carbocycles. The molecule has 0 fully saturated rings. The molecule has 3 heterocycles. The summed E-state index contributed by atoms with van der Waals surface area (Å²) >= 11 is 1.22. The lowest BCUT2D eigenvalue weighted by molar-refractivity contribution is 1.29. The number of aromatic nitrogens is 4. The predicted octanol–water partition coefficient (Wildman–Crippen LogP) is 6.60. The molecule has 31 heavy (non-hydrogen) atoms. The van der Waals surface area contributed by atoms with Gasteiger partial charge < -0.3 is 0 Å². The smallest absolute Gasteiger partial charge is 0.131 e. The molecule has 0 saturated heterocycles. The van der Waals surface area contributed by atoms with Gasteiger partial charge in [-0.1, -0.05) is 65.7 Å². The van der Waals surface area contributed by atoms with Crippen molar-refractivity contribution in [3.05, 3.63) is 95.4 Å². The SMILES string of the molecule is Cc1ccc(-c2nc(/C=C/c3ccccn3)c(-c3ccc(C)cc3)c3nsnc23)cc1. The molecule has 0 saturated carbocycles. The first-order valence-electron chi connectivity index (χ1n) is 10.1. The van der Waals surface area contributed by atoms with E-state index in [1.54, 1.807) is 6.20 Å². The Hall–Kier alpha value is -3.70. The topological polar surface area (TPSA) is 51.6 Å². The van der Waals surface area contributed by atoms with Crippen LogP contribution in [-0.2, 0) is 0 Å². The Balaban J connectivity index is 1.76. The first-order chi connectivity index (χ1) is 15.2. The van der Waals surface area contributed by atoms with Crippen LogP contribution in [0.5, 0.6) is 0 Å². The van der Waals surface area contributed by atoms with Crippen LogP contribution in [0.25, 0.3) is 45.6 Å². The Morgan fingerprint density at radius 2 is 1.39 bits per heavy atom. The number of rotatable bonds is 4. The average molecular weight is 421 g/mol. The maximum atomic E-state index is 5.08. The van der Waals surface area contributed by atoms with E-state index in [9.17, 15) is 0 Å². The van der Waals surface area contributed by atoms with Gasteiger partial charge in [-0.05, 0) is 43.7 Å². The number of pyridine rings is 2. The first kappa shape index (κ1) is 19.3. The van der Waals surface area contributed by atoms with Crippen molar-refractivity contribution in [3.63, 3.8) is 0 Å². The maximum absolute atomic E-state index is 5.08. The van der Waals surface area contributed by atoms with Crippen molar-refractivity contribution in [1.29, 1.82) is 0 Å². The molecule has 5 rings (SSSR count). The highest BCUT2D eigenvalue weighted by molar-refractivity contribution is 7.00. The average Bonchev–Trinajstić information content (AvgIpc) is 3.29. The zero-order valence-electron chi connectivity index (χ0n) is 17.3. The molecular formula is C26H20N4S. The molecule has 5 aromatic rings. The molecule has 0 radical (unpaired) electrons. The van der Waals surface area contributed by atoms with Crippen LogP contribution < -0.4 is 0 Å². The van der Waals surface area contributed by atoms with E-state index in [-0.39, 0.29) is 0 Å². The Morgan fingerprint density at radius 3 is 2.06 bits per heavy atom. The highest BCUT2D eigenvalue weighted by Crippen LogP contribution is 2.36. The Bertz CT molecular complexity index is 1370. The lowest BCUT2D eigenvalue weighted by Gasteiger charge is -2.11. The van der Waals surface area contributed by atoms with Gasteiger partial charge in [-0.2, -0.15) is 8.75 Å². The van der Waals surface area contributed by atoms with Crippen LogP contribution in [-0.4, -0.2) is 18.7 Å². The number of fused-ring (bicyclic) bond motifs is 1. The second-order valence-corrected chi connectivity index (χ2v) is 8.03. The lowest BCUT2D eigenvalue weighted by atomic mass is 9.98. The minimum absolute atomic E-state index is 0.833. The number of hydrogen-bond acceptors (Lipinski definition) is 5. The van der Waals surface area contributed by atoms with Crippen LogP contribution in [0, 0.1) is 13.8 Å². The highest BCUT2D eigenvalue weighted by Gasteiger charge is 2.19. The fourth-order valence-electron chi connectivity index (χ4n) is 3.54. The summed E-state index contributed by atoms with van der Waals surface area (Å²) in [5.74, 6) is 0. The van der Waals surface area contributed by atoms with Crippen molar-refractivity contribution in [2.45, 2.75) is 13.8 Å². The maximum Gasteiger partial charge on any atom is 0.131 e. The van der Waals surface area contributed by atoms with Gasteiger partial charge in [0.1, 0.15) is 11.0 Å². The third kappa shape index (κ3) is 3.88. The van der Waals surface area contributed by atoms with Gasteiger partial charge in [0.05, 0.1) is 28.8 Å². The van der Waals surface area contributed by atoms with Crippen LogP contribution >= 0.6 is 11.7 Å². The minimum atomic E-state index is 0.833. The summed E-state index contributed by atoms with van der Waals surface area (Å²) < 4.78 is 9.29. The summed E-state index contributed by atoms with van der Waals surface area (Å²) in [6.07, 6.45) is 5.80. The molecule has 4 nitrogen and oxygen atoms in total. The third-order valence-electron chi connectivity index (χ3n) is 5.20. The van der Waals surface area contributed by atoms with E-state index in [2.05, 4.69) is 76.1 Å². The fourth-order valence-corrected chi connectivity index (χ4v) is 4.09. The number of hydrogen-bond donors (Lipinski definition) is 0. The van der Waals surface area contributed by atoms with E-state index in [0.29, 0.717) is 0 Å². The molecule has 3 aromatic heterocycles. The van der Waals surface area contributed by atoms with Crippen molar-refractivity contribution >= 4 is 34.9 Å². The summed E-state index contributed by atoms with van der Waals surface area (Å²) in [4.78, 5) is 9.49. The van der Waals surface area contributed by atoms with E-state index in [4.69, 9.17) is 4.98 Å². The second-order valence-electron chi connectivity index (χ2n) is 7.50. The summed E-state index contributed by atoms with van der Waals surface area (Å²) in [6, 6.07) is 22.7. The van der Waals surface area contributed by atoms with Gasteiger partial charge in [-0.3, -0.25) is 4.98 Å². The summed E-state index contributed by atoms with van der Waals surface area (Å²) in [6.45, 7) is 4.17. The zero-order chi connectivity index (χ0) is 21.2. The molecule has 0 amide bonds. The molecule has 0 aliphatic rings. The van der Waals surface area contributed by atoms with E-state index in [0.717, 1.165) is 44.8 Å². The normalized spacial score (nSPS) is 11.4. The van der Waals surface area contributed by atoms with Gasteiger partial charge in [-0.25, -0.2) is 4.98 Å². The molecule has 0 N–H and O–H groups in total. The predicted molar refractivity (Wildman–Crippen MR) is 129 cm³/mol. The lowest BCUT2D eigenvalue weighted by Crippen LogP contribution is -1.96. The molecule has 5 heteroatoms. The summed E-state index contributed by atoms with van der Waals surface area (Å²) in [5, 5.41) is 0. The van der Waals surface area contributed by atoms with Gasteiger partial charge in [0, 0.05) is 17.3 Å². The Labute approximate surface area is 185 Å². The van der Waals surface area contributed by atoms with Crippen LogP contribution in [0.3, 0.4) is 0 Å². The van der Waals surface area contributed by atoms with E-state index in [1.807, 2.05) is 30.4 Å². The molecule has 150 valence electrons. The molecular weight excluding hydrogens is 400 g/mol.